The Morgan fingerprint density at radius 1 is 1.00 bits per heavy atom. The van der Waals surface area contributed by atoms with Crippen LogP contribution in [0, 0.1) is 6.92 Å². The van der Waals surface area contributed by atoms with Gasteiger partial charge in [0, 0.05) is 18.3 Å². The number of hydrogen-bond acceptors (Lipinski definition) is 1. The second kappa shape index (κ2) is 9.08. The van der Waals surface area contributed by atoms with E-state index in [0.29, 0.717) is 5.02 Å². The van der Waals surface area contributed by atoms with Gasteiger partial charge in [-0.3, -0.25) is 4.68 Å². The van der Waals surface area contributed by atoms with Crippen LogP contribution in [0.2, 0.25) is 10.0 Å². The number of halogens is 2. The summed E-state index contributed by atoms with van der Waals surface area (Å²) in [6.45, 7) is 6.04. The highest BCUT2D eigenvalue weighted by Gasteiger charge is 1.84. The third kappa shape index (κ3) is 7.83. The topological polar surface area (TPSA) is 17.8 Å². The molecule has 17 heavy (non-hydrogen) atoms. The van der Waals surface area contributed by atoms with Gasteiger partial charge in [0.05, 0.1) is 11.2 Å². The van der Waals surface area contributed by atoms with Crippen molar-refractivity contribution in [2.75, 3.05) is 0 Å². The van der Waals surface area contributed by atoms with Crippen LogP contribution in [0.4, 0.5) is 0 Å². The van der Waals surface area contributed by atoms with Crippen LogP contribution in [-0.4, -0.2) is 9.78 Å². The molecule has 0 aliphatic rings. The van der Waals surface area contributed by atoms with Crippen LogP contribution < -0.4 is 0 Å². The van der Waals surface area contributed by atoms with E-state index < -0.39 is 0 Å². The smallest absolute Gasteiger partial charge is 0.0785 e. The van der Waals surface area contributed by atoms with Gasteiger partial charge in [0.1, 0.15) is 0 Å². The van der Waals surface area contributed by atoms with E-state index in [-0.39, 0.29) is 0 Å². The number of aryl methyl sites for hydroxylation is 2. The van der Waals surface area contributed by atoms with Gasteiger partial charge < -0.3 is 0 Å². The molecule has 0 N–H and O–H groups in total. The van der Waals surface area contributed by atoms with Gasteiger partial charge >= 0.3 is 0 Å². The minimum atomic E-state index is 0.683. The van der Waals surface area contributed by atoms with Crippen molar-refractivity contribution in [3.8, 4) is 0 Å². The van der Waals surface area contributed by atoms with Gasteiger partial charge in [-0.25, -0.2) is 0 Å². The minimum Gasteiger partial charge on any atom is -0.274 e. The zero-order chi connectivity index (χ0) is 13.3. The molecule has 0 amide bonds. The first kappa shape index (κ1) is 16.0. The lowest BCUT2D eigenvalue weighted by Gasteiger charge is -1.88. The first-order chi connectivity index (χ1) is 8.08. The Labute approximate surface area is 113 Å². The molecule has 0 saturated carbocycles. The molecule has 2 nitrogen and oxygen atoms in total. The van der Waals surface area contributed by atoms with Crippen LogP contribution in [0.1, 0.15) is 19.4 Å². The lowest BCUT2D eigenvalue weighted by atomic mass is 10.2. The zero-order valence-corrected chi connectivity index (χ0v) is 12.1. The van der Waals surface area contributed by atoms with Crippen LogP contribution in [0.25, 0.3) is 0 Å². The monoisotopic (exact) mass is 272 g/mol. The Kier molecular flexibility index (Phi) is 8.55. The van der Waals surface area contributed by atoms with Gasteiger partial charge in [0.25, 0.3) is 0 Å². The zero-order valence-electron chi connectivity index (χ0n) is 10.6. The predicted molar refractivity (Wildman–Crippen MR) is 75.8 cm³/mol. The first-order valence-electron chi connectivity index (χ1n) is 5.44. The van der Waals surface area contributed by atoms with Crippen LogP contribution in [0.3, 0.4) is 0 Å². The fraction of sp³-hybridized carbons (Fsp3) is 0.308. The van der Waals surface area contributed by atoms with Crippen LogP contribution in [-0.2, 0) is 7.05 Å². The van der Waals surface area contributed by atoms with Gasteiger partial charge in [-0.1, -0.05) is 54.7 Å². The normalized spacial score (nSPS) is 8.59. The summed E-state index contributed by atoms with van der Waals surface area (Å²) in [5, 5.41) is 5.29. The lowest BCUT2D eigenvalue weighted by molar-refractivity contribution is 0.768. The second-order valence-corrected chi connectivity index (χ2v) is 4.00. The molecule has 1 aromatic carbocycles. The highest BCUT2D eigenvalue weighted by Crippen LogP contribution is 2.07. The van der Waals surface area contributed by atoms with Crippen molar-refractivity contribution in [2.24, 2.45) is 7.05 Å². The first-order valence-corrected chi connectivity index (χ1v) is 6.20. The van der Waals surface area contributed by atoms with Gasteiger partial charge in [0.2, 0.25) is 0 Å². The summed E-state index contributed by atoms with van der Waals surface area (Å²) in [6.07, 6.45) is 3.34. The number of rotatable bonds is 0. The molecule has 2 aromatic rings. The summed E-state index contributed by atoms with van der Waals surface area (Å²) in [7, 11) is 1.83. The van der Waals surface area contributed by atoms with E-state index in [1.54, 1.807) is 17.1 Å². The van der Waals surface area contributed by atoms with Crippen molar-refractivity contribution in [1.82, 2.24) is 9.78 Å². The maximum atomic E-state index is 5.61. The molecule has 0 bridgehead atoms. The molecule has 94 valence electrons. The Balaban J connectivity index is 0.000000265. The third-order valence-electron chi connectivity index (χ3n) is 1.68. The fourth-order valence-corrected chi connectivity index (χ4v) is 1.24. The highest BCUT2D eigenvalue weighted by molar-refractivity contribution is 6.30. The van der Waals surface area contributed by atoms with Gasteiger partial charge in [-0.2, -0.15) is 5.10 Å². The van der Waals surface area contributed by atoms with E-state index in [1.165, 1.54) is 5.56 Å². The number of hydrogen-bond donors (Lipinski definition) is 0. The maximum absolute atomic E-state index is 5.61. The summed E-state index contributed by atoms with van der Waals surface area (Å²) in [5.74, 6) is 0. The van der Waals surface area contributed by atoms with Crippen LogP contribution in [0.5, 0.6) is 0 Å². The largest absolute Gasteiger partial charge is 0.274 e. The maximum Gasteiger partial charge on any atom is 0.0785 e. The molecule has 0 fully saturated rings. The van der Waals surface area contributed by atoms with Crippen molar-refractivity contribution < 1.29 is 0 Å². The van der Waals surface area contributed by atoms with Gasteiger partial charge in [0.15, 0.2) is 0 Å². The predicted octanol–water partition coefficient (Wildman–Crippen LogP) is 4.75. The van der Waals surface area contributed by atoms with Crippen molar-refractivity contribution >= 4 is 23.2 Å². The lowest BCUT2D eigenvalue weighted by Crippen LogP contribution is -1.83. The molecule has 2 rings (SSSR count). The van der Waals surface area contributed by atoms with Gasteiger partial charge in [-0.15, -0.1) is 0 Å². The highest BCUT2D eigenvalue weighted by atomic mass is 35.5. The summed E-state index contributed by atoms with van der Waals surface area (Å²) in [5.41, 5.74) is 1.24. The fourth-order valence-electron chi connectivity index (χ4n) is 0.925. The van der Waals surface area contributed by atoms with Crippen molar-refractivity contribution in [1.29, 1.82) is 0 Å². The number of nitrogens with zero attached hydrogens (tertiary/aromatic N) is 2. The summed E-state index contributed by atoms with van der Waals surface area (Å²) < 4.78 is 1.66. The summed E-state index contributed by atoms with van der Waals surface area (Å²) in [4.78, 5) is 0. The summed E-state index contributed by atoms with van der Waals surface area (Å²) >= 11 is 11.1. The SMILES string of the molecule is CC.Cc1ccc(Cl)cc1.Cn1cc(Cl)cn1. The molecule has 0 spiro atoms. The van der Waals surface area contributed by atoms with Gasteiger partial charge in [-0.05, 0) is 19.1 Å². The number of aromatic nitrogens is 2. The molecule has 0 radical (unpaired) electrons. The van der Waals surface area contributed by atoms with Crippen molar-refractivity contribution in [2.45, 2.75) is 20.8 Å². The summed E-state index contributed by atoms with van der Waals surface area (Å²) in [6, 6.07) is 7.75. The molecule has 4 heteroatoms. The van der Waals surface area contributed by atoms with Crippen molar-refractivity contribution in [3.05, 3.63) is 52.3 Å². The Hall–Kier alpha value is -0.990. The van der Waals surface area contributed by atoms with E-state index in [0.717, 1.165) is 5.02 Å². The molecule has 0 atom stereocenters. The molecule has 0 aliphatic carbocycles. The minimum absolute atomic E-state index is 0.683. The number of benzene rings is 1. The Bertz CT molecular complexity index is 370. The Morgan fingerprint density at radius 2 is 1.53 bits per heavy atom. The van der Waals surface area contributed by atoms with Crippen molar-refractivity contribution in [3.63, 3.8) is 0 Å². The van der Waals surface area contributed by atoms with E-state index in [2.05, 4.69) is 5.10 Å². The van der Waals surface area contributed by atoms with Crippen LogP contribution in [0.15, 0.2) is 36.7 Å². The van der Waals surface area contributed by atoms with E-state index >= 15 is 0 Å². The average Bonchev–Trinajstić information content (AvgIpc) is 2.70. The Morgan fingerprint density at radius 3 is 1.76 bits per heavy atom. The molecular weight excluding hydrogens is 255 g/mol. The standard InChI is InChI=1S/C7H7Cl.C4H5ClN2.C2H6/c1-6-2-4-7(8)5-3-6;1-7-3-4(5)2-6-7;1-2/h2-5H,1H3;2-3H,1H3;1-2H3. The second-order valence-electron chi connectivity index (χ2n) is 3.13. The van der Waals surface area contributed by atoms with E-state index in [1.807, 2.05) is 52.1 Å². The van der Waals surface area contributed by atoms with Crippen LogP contribution >= 0.6 is 23.2 Å². The molecule has 0 saturated heterocycles. The third-order valence-corrected chi connectivity index (χ3v) is 2.13. The average molecular weight is 273 g/mol. The molecule has 0 unspecified atom stereocenters. The van der Waals surface area contributed by atoms with E-state index in [4.69, 9.17) is 23.2 Å². The molecule has 1 aromatic heterocycles. The molecular formula is C13H18Cl2N2. The quantitative estimate of drug-likeness (QED) is 0.677. The molecule has 0 aliphatic heterocycles. The van der Waals surface area contributed by atoms with E-state index in [9.17, 15) is 0 Å². The molecule has 1 heterocycles.